The summed E-state index contributed by atoms with van der Waals surface area (Å²) in [4.78, 5) is 25.7. The number of alkyl carbamates (subject to hydrolysis) is 1. The molecule has 1 aromatic rings. The molecule has 2 amide bonds. The van der Waals surface area contributed by atoms with Gasteiger partial charge < -0.3 is 19.6 Å². The van der Waals surface area contributed by atoms with E-state index in [2.05, 4.69) is 15.0 Å². The average molecular weight is 294 g/mol. The molecule has 1 aliphatic rings. The molecule has 0 atom stereocenters. The highest BCUT2D eigenvalue weighted by atomic mass is 16.5. The Hall–Kier alpha value is -2.28. The molecule has 21 heavy (non-hydrogen) atoms. The van der Waals surface area contributed by atoms with Crippen molar-refractivity contribution in [3.05, 3.63) is 24.3 Å². The average Bonchev–Trinajstić information content (AvgIpc) is 2.48. The normalized spacial score (nSPS) is 15.6. The summed E-state index contributed by atoms with van der Waals surface area (Å²) in [5.74, 6) is -0.0720. The standard InChI is InChI=1S/C14H19N3O4/c1-21-14(20)15-13(19)10-16-6-8-17(9-7-16)11-4-2-3-5-12(11)18/h2-5,18H,6-10H2,1H3,(H,15,19,20)/p+1. The van der Waals surface area contributed by atoms with Crippen molar-refractivity contribution in [3.8, 4) is 5.75 Å². The first-order valence-electron chi connectivity index (χ1n) is 6.84. The Morgan fingerprint density at radius 2 is 2.00 bits per heavy atom. The van der Waals surface area contributed by atoms with E-state index in [1.54, 1.807) is 12.1 Å². The van der Waals surface area contributed by atoms with Crippen LogP contribution >= 0.6 is 0 Å². The highest BCUT2D eigenvalue weighted by Gasteiger charge is 2.24. The predicted octanol–water partition coefficient (Wildman–Crippen LogP) is -1.02. The lowest BCUT2D eigenvalue weighted by atomic mass is 10.2. The number of para-hydroxylation sites is 2. The van der Waals surface area contributed by atoms with E-state index in [0.717, 1.165) is 36.8 Å². The number of phenolic OH excluding ortho intramolecular Hbond substituents is 1. The molecule has 1 aliphatic heterocycles. The highest BCUT2D eigenvalue weighted by molar-refractivity contribution is 5.92. The number of amides is 2. The number of hydrogen-bond donors (Lipinski definition) is 3. The quantitative estimate of drug-likeness (QED) is 0.665. The van der Waals surface area contributed by atoms with Crippen molar-refractivity contribution in [3.63, 3.8) is 0 Å². The molecule has 0 radical (unpaired) electrons. The Labute approximate surface area is 123 Å². The first-order valence-corrected chi connectivity index (χ1v) is 6.84. The number of benzene rings is 1. The smallest absolute Gasteiger partial charge is 0.413 e. The molecule has 114 valence electrons. The Morgan fingerprint density at radius 3 is 2.62 bits per heavy atom. The van der Waals surface area contributed by atoms with Gasteiger partial charge in [-0.25, -0.2) is 4.79 Å². The number of aromatic hydroxyl groups is 1. The van der Waals surface area contributed by atoms with Gasteiger partial charge in [-0.3, -0.25) is 10.1 Å². The molecule has 3 N–H and O–H groups in total. The third-order valence-corrected chi connectivity index (χ3v) is 3.53. The van der Waals surface area contributed by atoms with E-state index in [4.69, 9.17) is 0 Å². The van der Waals surface area contributed by atoms with Crippen molar-refractivity contribution < 1.29 is 24.3 Å². The number of carbonyl (C=O) groups is 2. The van der Waals surface area contributed by atoms with Crippen LogP contribution in [0.1, 0.15) is 0 Å². The largest absolute Gasteiger partial charge is 0.506 e. The molecule has 1 saturated heterocycles. The number of quaternary nitrogens is 1. The summed E-state index contributed by atoms with van der Waals surface area (Å²) in [6, 6.07) is 7.22. The summed E-state index contributed by atoms with van der Waals surface area (Å²) in [7, 11) is 1.22. The fraction of sp³-hybridized carbons (Fsp3) is 0.429. The molecule has 7 heteroatoms. The van der Waals surface area contributed by atoms with Crippen LogP contribution in [0, 0.1) is 0 Å². The molecule has 7 nitrogen and oxygen atoms in total. The molecule has 1 fully saturated rings. The third kappa shape index (κ3) is 4.09. The second kappa shape index (κ2) is 6.94. The van der Waals surface area contributed by atoms with E-state index in [0.29, 0.717) is 0 Å². The van der Waals surface area contributed by atoms with Crippen molar-refractivity contribution in [1.29, 1.82) is 0 Å². The van der Waals surface area contributed by atoms with Crippen molar-refractivity contribution in [1.82, 2.24) is 5.32 Å². The Kier molecular flexibility index (Phi) is 4.99. The van der Waals surface area contributed by atoms with Crippen molar-refractivity contribution >= 4 is 17.7 Å². The Bertz CT molecular complexity index is 513. The predicted molar refractivity (Wildman–Crippen MR) is 76.4 cm³/mol. The number of anilines is 1. The van der Waals surface area contributed by atoms with Gasteiger partial charge in [-0.2, -0.15) is 0 Å². The van der Waals surface area contributed by atoms with Crippen LogP contribution in [-0.2, 0) is 9.53 Å². The fourth-order valence-electron chi connectivity index (χ4n) is 2.41. The van der Waals surface area contributed by atoms with E-state index >= 15 is 0 Å². The maximum Gasteiger partial charge on any atom is 0.413 e. The van der Waals surface area contributed by atoms with E-state index in [1.807, 2.05) is 12.1 Å². The molecule has 0 unspecified atom stereocenters. The van der Waals surface area contributed by atoms with Gasteiger partial charge in [-0.1, -0.05) is 12.1 Å². The van der Waals surface area contributed by atoms with Gasteiger partial charge in [0.05, 0.1) is 39.0 Å². The lowest BCUT2D eigenvalue weighted by Crippen LogP contribution is -3.16. The van der Waals surface area contributed by atoms with Crippen molar-refractivity contribution in [2.24, 2.45) is 0 Å². The zero-order chi connectivity index (χ0) is 15.2. The summed E-state index contributed by atoms with van der Waals surface area (Å²) in [6.07, 6.45) is -0.729. The summed E-state index contributed by atoms with van der Waals surface area (Å²) < 4.78 is 4.38. The van der Waals surface area contributed by atoms with Gasteiger partial charge >= 0.3 is 6.09 Å². The highest BCUT2D eigenvalue weighted by Crippen LogP contribution is 2.25. The van der Waals surface area contributed by atoms with Crippen LogP contribution in [0.3, 0.4) is 0 Å². The second-order valence-electron chi connectivity index (χ2n) is 4.94. The molecular formula is C14H20N3O4+. The van der Waals surface area contributed by atoms with Gasteiger partial charge in [0, 0.05) is 0 Å². The van der Waals surface area contributed by atoms with E-state index in [1.165, 1.54) is 7.11 Å². The van der Waals surface area contributed by atoms with Gasteiger partial charge in [0.2, 0.25) is 0 Å². The van der Waals surface area contributed by atoms with Crippen LogP contribution in [0.5, 0.6) is 5.75 Å². The molecule has 2 rings (SSSR count). The number of phenols is 1. The van der Waals surface area contributed by atoms with Crippen LogP contribution in [0.25, 0.3) is 0 Å². The second-order valence-corrected chi connectivity index (χ2v) is 4.94. The van der Waals surface area contributed by atoms with E-state index in [9.17, 15) is 14.7 Å². The van der Waals surface area contributed by atoms with Crippen molar-refractivity contribution in [2.75, 3.05) is 44.7 Å². The van der Waals surface area contributed by atoms with Crippen molar-refractivity contribution in [2.45, 2.75) is 0 Å². The zero-order valence-corrected chi connectivity index (χ0v) is 12.0. The number of piperazine rings is 1. The number of rotatable bonds is 3. The Morgan fingerprint density at radius 1 is 1.33 bits per heavy atom. The molecule has 0 aromatic heterocycles. The number of hydrogen-bond acceptors (Lipinski definition) is 5. The SMILES string of the molecule is COC(=O)NC(=O)C[NH+]1CCN(c2ccccc2O)CC1. The summed E-state index contributed by atoms with van der Waals surface area (Å²) in [5, 5.41) is 12.0. The van der Waals surface area contributed by atoms with Crippen LogP contribution in [0.15, 0.2) is 24.3 Å². The number of nitrogens with zero attached hydrogens (tertiary/aromatic N) is 1. The number of carbonyl (C=O) groups excluding carboxylic acids is 2. The monoisotopic (exact) mass is 294 g/mol. The molecular weight excluding hydrogens is 274 g/mol. The number of imide groups is 1. The van der Waals surface area contributed by atoms with E-state index in [-0.39, 0.29) is 18.2 Å². The summed E-state index contributed by atoms with van der Waals surface area (Å²) >= 11 is 0. The van der Waals surface area contributed by atoms with Crippen LogP contribution < -0.4 is 15.1 Å². The minimum Gasteiger partial charge on any atom is -0.506 e. The van der Waals surface area contributed by atoms with E-state index < -0.39 is 6.09 Å². The first kappa shape index (κ1) is 15.1. The maximum atomic E-state index is 11.6. The van der Waals surface area contributed by atoms with Crippen LogP contribution in [-0.4, -0.2) is 56.9 Å². The number of methoxy groups -OCH3 is 1. The van der Waals surface area contributed by atoms with Crippen LogP contribution in [0.2, 0.25) is 0 Å². The van der Waals surface area contributed by atoms with Gasteiger partial charge in [0.25, 0.3) is 5.91 Å². The topological polar surface area (TPSA) is 83.3 Å². The first-order chi connectivity index (χ1) is 10.1. The van der Waals surface area contributed by atoms with Gasteiger partial charge in [-0.05, 0) is 12.1 Å². The van der Waals surface area contributed by atoms with Gasteiger partial charge in [-0.15, -0.1) is 0 Å². The minimum absolute atomic E-state index is 0.240. The third-order valence-electron chi connectivity index (χ3n) is 3.53. The molecule has 0 spiro atoms. The molecule has 1 aromatic carbocycles. The summed E-state index contributed by atoms with van der Waals surface area (Å²) in [6.45, 7) is 3.27. The molecule has 0 saturated carbocycles. The minimum atomic E-state index is -0.729. The van der Waals surface area contributed by atoms with Gasteiger partial charge in [0.15, 0.2) is 6.54 Å². The van der Waals surface area contributed by atoms with Gasteiger partial charge in [0.1, 0.15) is 5.75 Å². The number of nitrogens with one attached hydrogen (secondary N) is 2. The lowest BCUT2D eigenvalue weighted by Gasteiger charge is -2.33. The zero-order valence-electron chi connectivity index (χ0n) is 12.0. The Balaban J connectivity index is 1.82. The lowest BCUT2D eigenvalue weighted by molar-refractivity contribution is -0.892. The maximum absolute atomic E-state index is 11.6. The summed E-state index contributed by atoms with van der Waals surface area (Å²) in [5.41, 5.74) is 0.815. The molecule has 0 bridgehead atoms. The molecule has 0 aliphatic carbocycles. The molecule has 1 heterocycles. The van der Waals surface area contributed by atoms with Crippen LogP contribution in [0.4, 0.5) is 10.5 Å². The number of ether oxygens (including phenoxy) is 1. The fourth-order valence-corrected chi connectivity index (χ4v) is 2.41.